The zero-order valence-electron chi connectivity index (χ0n) is 14.6. The fourth-order valence-electron chi connectivity index (χ4n) is 2.66. The zero-order chi connectivity index (χ0) is 18.7. The molecule has 0 fully saturated rings. The highest BCUT2D eigenvalue weighted by molar-refractivity contribution is 6.12. The number of anilines is 2. The number of fused-ring (bicyclic) bond motifs is 1. The summed E-state index contributed by atoms with van der Waals surface area (Å²) >= 11 is 0. The van der Waals surface area contributed by atoms with Gasteiger partial charge >= 0.3 is 6.03 Å². The van der Waals surface area contributed by atoms with E-state index in [2.05, 4.69) is 15.6 Å². The van der Waals surface area contributed by atoms with Gasteiger partial charge in [0, 0.05) is 22.5 Å². The third kappa shape index (κ3) is 3.80. The van der Waals surface area contributed by atoms with Crippen molar-refractivity contribution in [3.05, 3.63) is 65.9 Å². The lowest BCUT2D eigenvalue weighted by Crippen LogP contribution is -2.19. The number of hydrogen-bond acceptors (Lipinski definition) is 3. The Kier molecular flexibility index (Phi) is 4.84. The second-order valence-corrected chi connectivity index (χ2v) is 6.29. The number of pyridine rings is 1. The molecule has 4 N–H and O–H groups in total. The molecule has 0 spiro atoms. The molecule has 0 saturated heterocycles. The number of urea groups is 1. The number of amides is 3. The van der Waals surface area contributed by atoms with E-state index in [0.29, 0.717) is 16.9 Å². The summed E-state index contributed by atoms with van der Waals surface area (Å²) in [4.78, 5) is 28.3. The van der Waals surface area contributed by atoms with Crippen LogP contribution in [0.2, 0.25) is 0 Å². The van der Waals surface area contributed by atoms with Crippen LogP contribution < -0.4 is 16.4 Å². The van der Waals surface area contributed by atoms with Crippen molar-refractivity contribution < 1.29 is 9.59 Å². The maximum absolute atomic E-state index is 12.8. The van der Waals surface area contributed by atoms with Crippen LogP contribution in [0.15, 0.2) is 54.6 Å². The van der Waals surface area contributed by atoms with Gasteiger partial charge in [0.25, 0.3) is 5.91 Å². The lowest BCUT2D eigenvalue weighted by Gasteiger charge is -2.12. The van der Waals surface area contributed by atoms with Gasteiger partial charge in [0.15, 0.2) is 0 Å². The first-order valence-electron chi connectivity index (χ1n) is 8.31. The molecular weight excluding hydrogens is 328 g/mol. The number of para-hydroxylation sites is 1. The minimum atomic E-state index is -0.633. The number of nitrogens with zero attached hydrogens (tertiary/aromatic N) is 1. The highest BCUT2D eigenvalue weighted by atomic mass is 16.2. The summed E-state index contributed by atoms with van der Waals surface area (Å²) < 4.78 is 0. The number of nitrogens with one attached hydrogen (secondary N) is 2. The highest BCUT2D eigenvalue weighted by Gasteiger charge is 2.14. The smallest absolute Gasteiger partial charge is 0.316 e. The van der Waals surface area contributed by atoms with E-state index in [-0.39, 0.29) is 11.8 Å². The summed E-state index contributed by atoms with van der Waals surface area (Å²) in [6.45, 7) is 4.09. The SMILES string of the molecule is CC(C)c1cc(C(=O)Nc2ccc(NC(N)=O)cc2)c2ccccc2n1. The van der Waals surface area contributed by atoms with E-state index < -0.39 is 6.03 Å². The van der Waals surface area contributed by atoms with E-state index in [1.165, 1.54) is 0 Å². The molecule has 0 atom stereocenters. The van der Waals surface area contributed by atoms with Gasteiger partial charge in [-0.3, -0.25) is 9.78 Å². The van der Waals surface area contributed by atoms with Crippen LogP contribution in [0, 0.1) is 0 Å². The van der Waals surface area contributed by atoms with Crippen molar-refractivity contribution in [1.82, 2.24) is 4.98 Å². The number of hydrogen-bond donors (Lipinski definition) is 3. The third-order valence-electron chi connectivity index (χ3n) is 3.98. The Balaban J connectivity index is 1.91. The van der Waals surface area contributed by atoms with Crippen LogP contribution in [0.1, 0.15) is 35.8 Å². The summed E-state index contributed by atoms with van der Waals surface area (Å²) in [6.07, 6.45) is 0. The van der Waals surface area contributed by atoms with Gasteiger partial charge in [-0.15, -0.1) is 0 Å². The van der Waals surface area contributed by atoms with Gasteiger partial charge in [0.05, 0.1) is 11.1 Å². The Morgan fingerprint density at radius 1 is 0.962 bits per heavy atom. The fraction of sp³-hybridized carbons (Fsp3) is 0.150. The first kappa shape index (κ1) is 17.4. The van der Waals surface area contributed by atoms with E-state index >= 15 is 0 Å². The summed E-state index contributed by atoms with van der Waals surface area (Å²) in [5.74, 6) is 0.00595. The summed E-state index contributed by atoms with van der Waals surface area (Å²) in [5, 5.41) is 6.17. The van der Waals surface area contributed by atoms with Crippen LogP contribution in [0.4, 0.5) is 16.2 Å². The number of carbonyl (C=O) groups is 2. The van der Waals surface area contributed by atoms with Gasteiger partial charge in [0.2, 0.25) is 0 Å². The Labute approximate surface area is 151 Å². The second kappa shape index (κ2) is 7.23. The molecule has 1 heterocycles. The monoisotopic (exact) mass is 348 g/mol. The predicted molar refractivity (Wildman–Crippen MR) is 103 cm³/mol. The van der Waals surface area contributed by atoms with Gasteiger partial charge in [-0.1, -0.05) is 32.0 Å². The van der Waals surface area contributed by atoms with Crippen molar-refractivity contribution in [3.8, 4) is 0 Å². The van der Waals surface area contributed by atoms with E-state index in [4.69, 9.17) is 5.73 Å². The molecule has 0 aliphatic heterocycles. The number of carbonyl (C=O) groups excluding carboxylic acids is 2. The Morgan fingerprint density at radius 3 is 2.19 bits per heavy atom. The molecular formula is C20H20N4O2. The summed E-state index contributed by atoms with van der Waals surface area (Å²) in [6, 6.07) is 15.5. The quantitative estimate of drug-likeness (QED) is 0.662. The van der Waals surface area contributed by atoms with Crippen molar-refractivity contribution in [1.29, 1.82) is 0 Å². The summed E-state index contributed by atoms with van der Waals surface area (Å²) in [7, 11) is 0. The molecule has 6 heteroatoms. The topological polar surface area (TPSA) is 97.1 Å². The van der Waals surface area contributed by atoms with Crippen LogP contribution in [-0.2, 0) is 0 Å². The molecule has 0 bridgehead atoms. The number of benzene rings is 2. The van der Waals surface area contributed by atoms with Gasteiger partial charge in [-0.25, -0.2) is 4.79 Å². The van der Waals surface area contributed by atoms with Gasteiger partial charge in [-0.05, 0) is 42.3 Å². The maximum Gasteiger partial charge on any atom is 0.316 e. The molecule has 132 valence electrons. The minimum Gasteiger partial charge on any atom is -0.351 e. The van der Waals surface area contributed by atoms with Crippen molar-refractivity contribution in [2.75, 3.05) is 10.6 Å². The van der Waals surface area contributed by atoms with Crippen LogP contribution in [0.3, 0.4) is 0 Å². The average Bonchev–Trinajstić information content (AvgIpc) is 2.61. The van der Waals surface area contributed by atoms with Crippen LogP contribution >= 0.6 is 0 Å². The molecule has 0 aliphatic carbocycles. The Morgan fingerprint density at radius 2 is 1.58 bits per heavy atom. The van der Waals surface area contributed by atoms with E-state index in [1.54, 1.807) is 24.3 Å². The zero-order valence-corrected chi connectivity index (χ0v) is 14.6. The fourth-order valence-corrected chi connectivity index (χ4v) is 2.66. The highest BCUT2D eigenvalue weighted by Crippen LogP contribution is 2.23. The lowest BCUT2D eigenvalue weighted by molar-refractivity contribution is 0.102. The molecule has 6 nitrogen and oxygen atoms in total. The van der Waals surface area contributed by atoms with Gasteiger partial charge in [0.1, 0.15) is 0 Å². The second-order valence-electron chi connectivity index (χ2n) is 6.29. The standard InChI is InChI=1S/C20H20N4O2/c1-12(2)18-11-16(15-5-3-4-6-17(15)24-18)19(25)22-13-7-9-14(10-8-13)23-20(21)26/h3-12H,1-2H3,(H,22,25)(H3,21,23,26). The molecule has 26 heavy (non-hydrogen) atoms. The largest absolute Gasteiger partial charge is 0.351 e. The molecule has 3 amide bonds. The molecule has 2 aromatic carbocycles. The van der Waals surface area contributed by atoms with E-state index in [9.17, 15) is 9.59 Å². The molecule has 0 aliphatic rings. The predicted octanol–water partition coefficient (Wildman–Crippen LogP) is 4.10. The van der Waals surface area contributed by atoms with Crippen LogP contribution in [-0.4, -0.2) is 16.9 Å². The van der Waals surface area contributed by atoms with Crippen LogP contribution in [0.25, 0.3) is 10.9 Å². The molecule has 0 unspecified atom stereocenters. The summed E-state index contributed by atoms with van der Waals surface area (Å²) in [5.41, 5.74) is 8.52. The molecule has 1 aromatic heterocycles. The number of primary amides is 1. The Bertz CT molecular complexity index is 965. The van der Waals surface area contributed by atoms with Crippen LogP contribution in [0.5, 0.6) is 0 Å². The first-order valence-corrected chi connectivity index (χ1v) is 8.31. The van der Waals surface area contributed by atoms with Gasteiger partial charge in [-0.2, -0.15) is 0 Å². The number of aromatic nitrogens is 1. The lowest BCUT2D eigenvalue weighted by atomic mass is 10.0. The molecule has 0 radical (unpaired) electrons. The van der Waals surface area contributed by atoms with Crippen molar-refractivity contribution in [2.45, 2.75) is 19.8 Å². The van der Waals surface area contributed by atoms with Gasteiger partial charge < -0.3 is 16.4 Å². The van der Waals surface area contributed by atoms with Crippen molar-refractivity contribution in [3.63, 3.8) is 0 Å². The molecule has 0 saturated carbocycles. The first-order chi connectivity index (χ1) is 12.4. The van der Waals surface area contributed by atoms with E-state index in [0.717, 1.165) is 16.6 Å². The molecule has 3 aromatic rings. The number of nitrogens with two attached hydrogens (primary N) is 1. The normalized spacial score (nSPS) is 10.7. The Hall–Kier alpha value is -3.41. The minimum absolute atomic E-state index is 0.207. The maximum atomic E-state index is 12.8. The van der Waals surface area contributed by atoms with Crippen molar-refractivity contribution >= 4 is 34.2 Å². The average molecular weight is 348 g/mol. The van der Waals surface area contributed by atoms with Crippen molar-refractivity contribution in [2.24, 2.45) is 5.73 Å². The van der Waals surface area contributed by atoms with E-state index in [1.807, 2.05) is 44.2 Å². The molecule has 3 rings (SSSR count). The third-order valence-corrected chi connectivity index (χ3v) is 3.98. The number of rotatable bonds is 4.